The second kappa shape index (κ2) is 12.6. The van der Waals surface area contributed by atoms with Crippen molar-refractivity contribution >= 4 is 35.1 Å². The van der Waals surface area contributed by atoms with Crippen molar-refractivity contribution in [2.75, 3.05) is 5.75 Å². The highest BCUT2D eigenvalue weighted by molar-refractivity contribution is 8.00. The summed E-state index contributed by atoms with van der Waals surface area (Å²) < 4.78 is 6.20. The third kappa shape index (κ3) is 5.95. The van der Waals surface area contributed by atoms with Gasteiger partial charge in [0.15, 0.2) is 6.10 Å². The first-order valence-electron chi connectivity index (χ1n) is 13.9. The summed E-state index contributed by atoms with van der Waals surface area (Å²) in [7, 11) is 0. The third-order valence-corrected chi connectivity index (χ3v) is 8.71. The summed E-state index contributed by atoms with van der Waals surface area (Å²) in [5.74, 6) is -0.936. The van der Waals surface area contributed by atoms with Crippen LogP contribution in [0.5, 0.6) is 0 Å². The molecule has 8 nitrogen and oxygen atoms in total. The minimum Gasteiger partial charge on any atom is -0.448 e. The molecule has 2 amide bonds. The highest BCUT2D eigenvalue weighted by Crippen LogP contribution is 2.44. The number of aliphatic hydroxyl groups is 1. The summed E-state index contributed by atoms with van der Waals surface area (Å²) in [6, 6.07) is 30.9. The van der Waals surface area contributed by atoms with Crippen LogP contribution in [-0.4, -0.2) is 49.9 Å². The van der Waals surface area contributed by atoms with Gasteiger partial charge >= 0.3 is 5.97 Å². The Morgan fingerprint density at radius 2 is 1.53 bits per heavy atom. The zero-order chi connectivity index (χ0) is 29.8. The summed E-state index contributed by atoms with van der Waals surface area (Å²) in [5.41, 5.74) is 4.23. The molecular weight excluding hydrogens is 562 g/mol. The van der Waals surface area contributed by atoms with Crippen LogP contribution in [0.1, 0.15) is 34.1 Å². The molecule has 4 aromatic rings. The van der Waals surface area contributed by atoms with Gasteiger partial charge in [0.05, 0.1) is 18.7 Å². The summed E-state index contributed by atoms with van der Waals surface area (Å²) >= 11 is 1.45. The van der Waals surface area contributed by atoms with Crippen LogP contribution >= 0.6 is 11.8 Å². The molecule has 0 bridgehead atoms. The SMILES string of the molecule is O=C(Cc1ccccc1)N[C@@H]1C(=O)N2C(C(=O)OC(c3ccccc3)c3ccccc3)=C(c3ccc(CO)cn3)CS[C@H]12. The predicted molar refractivity (Wildman–Crippen MR) is 163 cm³/mol. The number of aromatic nitrogens is 1. The van der Waals surface area contributed by atoms with Crippen molar-refractivity contribution in [2.45, 2.75) is 30.5 Å². The van der Waals surface area contributed by atoms with Crippen LogP contribution in [-0.2, 0) is 32.1 Å². The normalized spacial score (nSPS) is 17.7. The van der Waals surface area contributed by atoms with E-state index >= 15 is 0 Å². The lowest BCUT2D eigenvalue weighted by molar-refractivity contribution is -0.154. The van der Waals surface area contributed by atoms with Gasteiger partial charge < -0.3 is 15.2 Å². The van der Waals surface area contributed by atoms with Crippen molar-refractivity contribution in [3.8, 4) is 0 Å². The fourth-order valence-electron chi connectivity index (χ4n) is 5.25. The van der Waals surface area contributed by atoms with Crippen molar-refractivity contribution < 1.29 is 24.2 Å². The Bertz CT molecular complexity index is 1610. The molecule has 0 aliphatic carbocycles. The second-order valence-corrected chi connectivity index (χ2v) is 11.4. The van der Waals surface area contributed by atoms with Crippen LogP contribution in [0.25, 0.3) is 5.57 Å². The van der Waals surface area contributed by atoms with E-state index in [2.05, 4.69) is 10.3 Å². The molecule has 0 unspecified atom stereocenters. The number of β-lactam (4-membered cyclic amide) rings is 1. The Morgan fingerprint density at radius 1 is 0.907 bits per heavy atom. The molecule has 0 saturated carbocycles. The minimum atomic E-state index is -0.769. The van der Waals surface area contributed by atoms with Crippen molar-refractivity contribution in [1.29, 1.82) is 0 Å². The first-order valence-corrected chi connectivity index (χ1v) is 15.0. The highest BCUT2D eigenvalue weighted by Gasteiger charge is 2.55. The standard InChI is InChI=1S/C34H29N3O5S/c38-20-23-16-17-27(35-19-23)26-21-43-33-29(36-28(39)18-22-10-4-1-5-11-22)32(40)37(33)30(26)34(41)42-31(24-12-6-2-7-13-24)25-14-8-3-9-15-25/h1-17,19,29,31,33,38H,18,20-21H2,(H,36,39)/t29-,33-/m1/s1. The van der Waals surface area contributed by atoms with E-state index in [9.17, 15) is 19.5 Å². The zero-order valence-electron chi connectivity index (χ0n) is 23.1. The molecular formula is C34H29N3O5S. The summed E-state index contributed by atoms with van der Waals surface area (Å²) in [5, 5.41) is 11.9. The monoisotopic (exact) mass is 591 g/mol. The molecule has 1 aromatic heterocycles. The number of carbonyl (C=O) groups is 3. The largest absolute Gasteiger partial charge is 0.448 e. The van der Waals surface area contributed by atoms with Crippen molar-refractivity contribution in [3.05, 3.63) is 143 Å². The van der Waals surface area contributed by atoms with Gasteiger partial charge in [-0.15, -0.1) is 11.8 Å². The van der Waals surface area contributed by atoms with E-state index < -0.39 is 23.5 Å². The van der Waals surface area contributed by atoms with Crippen LogP contribution in [0.15, 0.2) is 115 Å². The number of hydrogen-bond donors (Lipinski definition) is 2. The van der Waals surface area contributed by atoms with E-state index in [1.165, 1.54) is 16.7 Å². The molecule has 2 atom stereocenters. The molecule has 9 heteroatoms. The van der Waals surface area contributed by atoms with E-state index in [1.807, 2.05) is 91.0 Å². The number of thioether (sulfide) groups is 1. The fraction of sp³-hybridized carbons (Fsp3) is 0.176. The van der Waals surface area contributed by atoms with Gasteiger partial charge in [-0.2, -0.15) is 0 Å². The predicted octanol–water partition coefficient (Wildman–Crippen LogP) is 4.26. The summed E-state index contributed by atoms with van der Waals surface area (Å²) in [4.78, 5) is 46.5. The van der Waals surface area contributed by atoms with E-state index in [4.69, 9.17) is 4.74 Å². The van der Waals surface area contributed by atoms with Crippen molar-refractivity contribution in [1.82, 2.24) is 15.2 Å². The number of ether oxygens (including phenoxy) is 1. The number of benzene rings is 3. The average molecular weight is 592 g/mol. The number of rotatable bonds is 9. The number of pyridine rings is 1. The van der Waals surface area contributed by atoms with Crippen LogP contribution in [0.4, 0.5) is 0 Å². The van der Waals surface area contributed by atoms with E-state index in [1.54, 1.807) is 18.3 Å². The third-order valence-electron chi connectivity index (χ3n) is 7.43. The van der Waals surface area contributed by atoms with Gasteiger partial charge in [0.25, 0.3) is 5.91 Å². The van der Waals surface area contributed by atoms with Gasteiger partial charge in [0.1, 0.15) is 17.1 Å². The molecule has 1 saturated heterocycles. The molecule has 0 spiro atoms. The molecule has 1 fully saturated rings. The molecule has 3 aromatic carbocycles. The zero-order valence-corrected chi connectivity index (χ0v) is 23.9. The Balaban J connectivity index is 1.32. The van der Waals surface area contributed by atoms with Gasteiger partial charge in [-0.05, 0) is 28.3 Å². The number of fused-ring (bicyclic) bond motifs is 1. The first-order chi connectivity index (χ1) is 21.0. The van der Waals surface area contributed by atoms with Gasteiger partial charge in [0.2, 0.25) is 5.91 Å². The Labute approximate surface area is 253 Å². The van der Waals surface area contributed by atoms with Crippen LogP contribution in [0, 0.1) is 0 Å². The molecule has 2 N–H and O–H groups in total. The lowest BCUT2D eigenvalue weighted by Crippen LogP contribution is -2.70. The van der Waals surface area contributed by atoms with Gasteiger partial charge in [-0.3, -0.25) is 19.5 Å². The topological polar surface area (TPSA) is 109 Å². The number of aliphatic hydroxyl groups excluding tert-OH is 1. The first kappa shape index (κ1) is 28.4. The molecule has 2 aliphatic heterocycles. The second-order valence-electron chi connectivity index (χ2n) is 10.3. The summed E-state index contributed by atoms with van der Waals surface area (Å²) in [6.45, 7) is -0.164. The van der Waals surface area contributed by atoms with Gasteiger partial charge in [-0.25, -0.2) is 4.79 Å². The van der Waals surface area contributed by atoms with Crippen LogP contribution in [0.3, 0.4) is 0 Å². The number of nitrogens with zero attached hydrogens (tertiary/aromatic N) is 2. The number of esters is 1. The fourth-order valence-corrected chi connectivity index (χ4v) is 6.61. The Morgan fingerprint density at radius 3 is 2.12 bits per heavy atom. The lowest BCUT2D eigenvalue weighted by atomic mass is 9.99. The summed E-state index contributed by atoms with van der Waals surface area (Å²) in [6.07, 6.45) is 0.984. The molecule has 2 aliphatic rings. The highest BCUT2D eigenvalue weighted by atomic mass is 32.2. The average Bonchev–Trinajstić information content (AvgIpc) is 3.06. The number of amides is 2. The minimum absolute atomic E-state index is 0.114. The van der Waals surface area contributed by atoms with Gasteiger partial charge in [-0.1, -0.05) is 97.1 Å². The molecule has 3 heterocycles. The lowest BCUT2D eigenvalue weighted by Gasteiger charge is -2.49. The van der Waals surface area contributed by atoms with E-state index in [0.29, 0.717) is 22.6 Å². The number of carbonyl (C=O) groups excluding carboxylic acids is 3. The maximum Gasteiger partial charge on any atom is 0.356 e. The van der Waals surface area contributed by atoms with Crippen molar-refractivity contribution in [2.24, 2.45) is 0 Å². The maximum atomic E-state index is 14.1. The quantitative estimate of drug-likeness (QED) is 0.221. The molecule has 6 rings (SSSR count). The Kier molecular flexibility index (Phi) is 8.35. The van der Waals surface area contributed by atoms with E-state index in [-0.39, 0.29) is 30.5 Å². The maximum absolute atomic E-state index is 14.1. The number of nitrogens with one attached hydrogen (secondary N) is 1. The molecule has 0 radical (unpaired) electrons. The smallest absolute Gasteiger partial charge is 0.356 e. The Hall–Kier alpha value is -4.73. The van der Waals surface area contributed by atoms with Crippen molar-refractivity contribution in [3.63, 3.8) is 0 Å². The van der Waals surface area contributed by atoms with E-state index in [0.717, 1.165) is 16.7 Å². The number of hydrogen-bond acceptors (Lipinski definition) is 7. The molecule has 216 valence electrons. The van der Waals surface area contributed by atoms with Gasteiger partial charge in [0, 0.05) is 17.5 Å². The van der Waals surface area contributed by atoms with Crippen LogP contribution in [0.2, 0.25) is 0 Å². The van der Waals surface area contributed by atoms with Crippen LogP contribution < -0.4 is 5.32 Å². The molecule has 43 heavy (non-hydrogen) atoms.